The van der Waals surface area contributed by atoms with Crippen LogP contribution >= 0.6 is 0 Å². The topological polar surface area (TPSA) is 61.8 Å². The molecule has 0 N–H and O–H groups in total. The van der Waals surface area contributed by atoms with E-state index in [1.54, 1.807) is 0 Å². The molecule has 0 fully saturated rings. The van der Waals surface area contributed by atoms with E-state index in [9.17, 15) is 9.59 Å². The molecule has 5 heteroatoms. The second kappa shape index (κ2) is 47.2. The molecule has 0 amide bonds. The van der Waals surface area contributed by atoms with Gasteiger partial charge in [-0.15, -0.1) is 0 Å². The van der Waals surface area contributed by atoms with Crippen LogP contribution in [0, 0.1) is 0 Å². The Balaban J connectivity index is 4.04. The average molecular weight is 785 g/mol. The predicted octanol–water partition coefficient (Wildman–Crippen LogP) is 16.0. The third kappa shape index (κ3) is 44.6. The van der Waals surface area contributed by atoms with Gasteiger partial charge >= 0.3 is 11.9 Å². The molecule has 0 aromatic carbocycles. The van der Waals surface area contributed by atoms with Crippen LogP contribution in [0.1, 0.15) is 239 Å². The van der Waals surface area contributed by atoms with Crippen molar-refractivity contribution in [2.75, 3.05) is 19.8 Å². The molecule has 0 saturated heterocycles. The summed E-state index contributed by atoms with van der Waals surface area (Å²) < 4.78 is 17.2. The molecule has 0 aliphatic carbocycles. The standard InChI is InChI=1S/C51H92O5/c1-4-7-10-13-15-17-19-21-23-25-27-29-31-33-35-37-40-43-46-54-47-49(56-51(53)45-42-38-12-9-6-3)48-55-50(52)44-41-39-36-34-32-30-28-26-24-22-20-18-16-14-11-8-5-2/h15-18,21-24,49H,4-14,19-20,25-48H2,1-3H3/b17-15-,18-16-,23-21-,24-22-. The first kappa shape index (κ1) is 53.9. The monoisotopic (exact) mass is 785 g/mol. The SMILES string of the molecule is CCCCC/C=C\C/C=C\CCCCCCCCCCOCC(COC(=O)CCCCCCCCC/C=C\C/C=C\CCCCC)OC(=O)CCCCCCC. The van der Waals surface area contributed by atoms with E-state index < -0.39 is 6.10 Å². The third-order valence-electron chi connectivity index (χ3n) is 10.3. The van der Waals surface area contributed by atoms with Crippen molar-refractivity contribution in [2.45, 2.75) is 245 Å². The fraction of sp³-hybridized carbons (Fsp3) is 0.804. The third-order valence-corrected chi connectivity index (χ3v) is 10.3. The molecule has 0 aliphatic rings. The zero-order valence-electron chi connectivity index (χ0n) is 37.4. The summed E-state index contributed by atoms with van der Waals surface area (Å²) in [6.45, 7) is 7.70. The van der Waals surface area contributed by atoms with E-state index in [2.05, 4.69) is 69.4 Å². The molecule has 0 aromatic heterocycles. The number of rotatable bonds is 44. The highest BCUT2D eigenvalue weighted by molar-refractivity contribution is 5.70. The highest BCUT2D eigenvalue weighted by Gasteiger charge is 2.17. The lowest BCUT2D eigenvalue weighted by Gasteiger charge is -2.18. The van der Waals surface area contributed by atoms with Crippen LogP contribution in [0.2, 0.25) is 0 Å². The first-order valence-electron chi connectivity index (χ1n) is 24.2. The molecule has 5 nitrogen and oxygen atoms in total. The van der Waals surface area contributed by atoms with Crippen molar-refractivity contribution in [3.8, 4) is 0 Å². The van der Waals surface area contributed by atoms with Crippen LogP contribution in [0.15, 0.2) is 48.6 Å². The molecule has 1 unspecified atom stereocenters. The van der Waals surface area contributed by atoms with E-state index in [0.29, 0.717) is 19.4 Å². The van der Waals surface area contributed by atoms with Gasteiger partial charge < -0.3 is 14.2 Å². The van der Waals surface area contributed by atoms with E-state index in [-0.39, 0.29) is 25.2 Å². The van der Waals surface area contributed by atoms with Crippen molar-refractivity contribution in [3.05, 3.63) is 48.6 Å². The van der Waals surface area contributed by atoms with Crippen molar-refractivity contribution in [1.82, 2.24) is 0 Å². The minimum absolute atomic E-state index is 0.0794. The van der Waals surface area contributed by atoms with Gasteiger partial charge in [0.2, 0.25) is 0 Å². The van der Waals surface area contributed by atoms with Crippen molar-refractivity contribution >= 4 is 11.9 Å². The number of unbranched alkanes of at least 4 members (excludes halogenated alkanes) is 25. The van der Waals surface area contributed by atoms with Gasteiger partial charge in [-0.25, -0.2) is 0 Å². The number of esters is 2. The molecular formula is C51H92O5. The Labute approximate surface area is 348 Å². The molecule has 1 atom stereocenters. The van der Waals surface area contributed by atoms with Gasteiger partial charge in [-0.2, -0.15) is 0 Å². The number of ether oxygens (including phenoxy) is 3. The van der Waals surface area contributed by atoms with Crippen molar-refractivity contribution in [3.63, 3.8) is 0 Å². The van der Waals surface area contributed by atoms with Crippen LogP contribution < -0.4 is 0 Å². The highest BCUT2D eigenvalue weighted by atomic mass is 16.6. The molecule has 56 heavy (non-hydrogen) atoms. The summed E-state index contributed by atoms with van der Waals surface area (Å²) in [7, 11) is 0. The number of allylic oxidation sites excluding steroid dienone is 8. The second-order valence-corrected chi connectivity index (χ2v) is 16.0. The Morgan fingerprint density at radius 2 is 0.750 bits per heavy atom. The van der Waals surface area contributed by atoms with Crippen molar-refractivity contribution < 1.29 is 23.8 Å². The van der Waals surface area contributed by atoms with Crippen molar-refractivity contribution in [2.24, 2.45) is 0 Å². The molecule has 0 rings (SSSR count). The quantitative estimate of drug-likeness (QED) is 0.0350. The molecule has 0 saturated carbocycles. The summed E-state index contributed by atoms with van der Waals surface area (Å²) in [6.07, 6.45) is 57.1. The first-order chi connectivity index (χ1) is 27.6. The fourth-order valence-electron chi connectivity index (χ4n) is 6.69. The van der Waals surface area contributed by atoms with Crippen LogP contribution in [-0.2, 0) is 23.8 Å². The number of hydrogen-bond acceptors (Lipinski definition) is 5. The van der Waals surface area contributed by atoms with Gasteiger partial charge in [0.1, 0.15) is 6.61 Å². The Morgan fingerprint density at radius 1 is 0.393 bits per heavy atom. The Hall–Kier alpha value is -2.14. The van der Waals surface area contributed by atoms with Crippen LogP contribution in [0.3, 0.4) is 0 Å². The van der Waals surface area contributed by atoms with E-state index in [0.717, 1.165) is 64.2 Å². The Bertz CT molecular complexity index is 935. The Morgan fingerprint density at radius 3 is 1.21 bits per heavy atom. The molecule has 0 heterocycles. The smallest absolute Gasteiger partial charge is 0.306 e. The first-order valence-corrected chi connectivity index (χ1v) is 24.2. The second-order valence-electron chi connectivity index (χ2n) is 16.0. The summed E-state index contributed by atoms with van der Waals surface area (Å²) in [6, 6.07) is 0. The van der Waals surface area contributed by atoms with Crippen LogP contribution in [0.5, 0.6) is 0 Å². The summed E-state index contributed by atoms with van der Waals surface area (Å²) in [5, 5.41) is 0. The number of carbonyl (C=O) groups excluding carboxylic acids is 2. The largest absolute Gasteiger partial charge is 0.462 e. The molecule has 0 radical (unpaired) electrons. The summed E-state index contributed by atoms with van der Waals surface area (Å²) in [4.78, 5) is 25.1. The van der Waals surface area contributed by atoms with Gasteiger partial charge in [-0.1, -0.05) is 191 Å². The zero-order valence-corrected chi connectivity index (χ0v) is 37.4. The summed E-state index contributed by atoms with van der Waals surface area (Å²) in [5.74, 6) is -0.417. The van der Waals surface area contributed by atoms with E-state index >= 15 is 0 Å². The molecule has 0 bridgehead atoms. The maximum Gasteiger partial charge on any atom is 0.306 e. The van der Waals surface area contributed by atoms with Gasteiger partial charge in [0.15, 0.2) is 6.10 Å². The summed E-state index contributed by atoms with van der Waals surface area (Å²) >= 11 is 0. The fourth-order valence-corrected chi connectivity index (χ4v) is 6.69. The summed E-state index contributed by atoms with van der Waals surface area (Å²) in [5.41, 5.74) is 0. The van der Waals surface area contributed by atoms with E-state index in [4.69, 9.17) is 14.2 Å². The molecule has 326 valence electrons. The molecule has 0 aromatic rings. The van der Waals surface area contributed by atoms with E-state index in [1.165, 1.54) is 141 Å². The predicted molar refractivity (Wildman–Crippen MR) is 242 cm³/mol. The van der Waals surface area contributed by atoms with Crippen molar-refractivity contribution in [1.29, 1.82) is 0 Å². The van der Waals surface area contributed by atoms with E-state index in [1.807, 2.05) is 0 Å². The number of hydrogen-bond donors (Lipinski definition) is 0. The van der Waals surface area contributed by atoms with Crippen LogP contribution in [-0.4, -0.2) is 37.9 Å². The lowest BCUT2D eigenvalue weighted by atomic mass is 10.1. The number of carbonyl (C=O) groups is 2. The maximum absolute atomic E-state index is 12.6. The maximum atomic E-state index is 12.6. The zero-order chi connectivity index (χ0) is 40.7. The van der Waals surface area contributed by atoms with Crippen LogP contribution in [0.25, 0.3) is 0 Å². The van der Waals surface area contributed by atoms with Gasteiger partial charge in [0.25, 0.3) is 0 Å². The van der Waals surface area contributed by atoms with Crippen LogP contribution in [0.4, 0.5) is 0 Å². The molecule has 0 spiro atoms. The normalized spacial score (nSPS) is 12.6. The van der Waals surface area contributed by atoms with Gasteiger partial charge in [-0.05, 0) is 83.5 Å². The lowest BCUT2D eigenvalue weighted by Crippen LogP contribution is -2.30. The van der Waals surface area contributed by atoms with Gasteiger partial charge in [0, 0.05) is 19.4 Å². The molecule has 0 aliphatic heterocycles. The minimum atomic E-state index is -0.536. The highest BCUT2D eigenvalue weighted by Crippen LogP contribution is 2.13. The Kier molecular flexibility index (Phi) is 45.4. The van der Waals surface area contributed by atoms with Gasteiger partial charge in [0.05, 0.1) is 6.61 Å². The lowest BCUT2D eigenvalue weighted by molar-refractivity contribution is -0.163. The average Bonchev–Trinajstić information content (AvgIpc) is 3.20. The van der Waals surface area contributed by atoms with Gasteiger partial charge in [-0.3, -0.25) is 9.59 Å². The minimum Gasteiger partial charge on any atom is -0.462 e. The molecular weight excluding hydrogens is 693 g/mol.